The average Bonchev–Trinajstić information content (AvgIpc) is 3.10. The van der Waals surface area contributed by atoms with Gasteiger partial charge in [-0.3, -0.25) is 0 Å². The van der Waals surface area contributed by atoms with E-state index in [9.17, 15) is 9.59 Å². The van der Waals surface area contributed by atoms with Gasteiger partial charge in [-0.15, -0.1) is 0 Å². The van der Waals surface area contributed by atoms with Crippen molar-refractivity contribution < 1.29 is 19.8 Å². The van der Waals surface area contributed by atoms with Crippen LogP contribution in [0.4, 0.5) is 0 Å². The molecule has 0 fully saturated rings. The molecule has 6 heteroatoms. The summed E-state index contributed by atoms with van der Waals surface area (Å²) in [6.45, 7) is 3.70. The molecule has 0 atom stereocenters. The number of benzene rings is 2. The van der Waals surface area contributed by atoms with Crippen molar-refractivity contribution in [3.63, 3.8) is 0 Å². The highest BCUT2D eigenvalue weighted by Crippen LogP contribution is 2.11. The van der Waals surface area contributed by atoms with Crippen molar-refractivity contribution in [1.82, 2.24) is 9.78 Å². The first kappa shape index (κ1) is 17.9. The maximum atomic E-state index is 10.6. The van der Waals surface area contributed by atoms with E-state index < -0.39 is 11.9 Å². The highest BCUT2D eigenvalue weighted by atomic mass is 16.4. The minimum atomic E-state index is -1.12. The lowest BCUT2D eigenvalue weighted by Gasteiger charge is -2.03. The van der Waals surface area contributed by atoms with Gasteiger partial charge in [0.15, 0.2) is 0 Å². The molecule has 128 valence electrons. The number of nitrogens with zero attached hydrogens (tertiary/aromatic N) is 2. The van der Waals surface area contributed by atoms with Gasteiger partial charge in [0.2, 0.25) is 0 Å². The van der Waals surface area contributed by atoms with Crippen LogP contribution in [0, 0.1) is 13.8 Å². The fraction of sp³-hybridized carbons (Fsp3) is 0.105. The summed E-state index contributed by atoms with van der Waals surface area (Å²) >= 11 is 0. The van der Waals surface area contributed by atoms with E-state index in [4.69, 9.17) is 10.2 Å². The summed E-state index contributed by atoms with van der Waals surface area (Å²) in [4.78, 5) is 21.1. The lowest BCUT2D eigenvalue weighted by atomic mass is 10.1. The molecule has 0 saturated heterocycles. The SMILES string of the molecule is Cc1ccc(C(=O)O)cc1C(=O)O.Cc1ccccc1-n1cccn1. The molecule has 0 spiro atoms. The van der Waals surface area contributed by atoms with E-state index in [1.54, 1.807) is 13.1 Å². The van der Waals surface area contributed by atoms with Crippen molar-refractivity contribution >= 4 is 11.9 Å². The Morgan fingerprint density at radius 3 is 2.20 bits per heavy atom. The molecule has 25 heavy (non-hydrogen) atoms. The van der Waals surface area contributed by atoms with Gasteiger partial charge in [0.1, 0.15) is 0 Å². The van der Waals surface area contributed by atoms with Gasteiger partial charge in [-0.2, -0.15) is 5.10 Å². The lowest BCUT2D eigenvalue weighted by Crippen LogP contribution is -2.03. The van der Waals surface area contributed by atoms with Crippen LogP contribution in [0.1, 0.15) is 31.8 Å². The van der Waals surface area contributed by atoms with Crippen molar-refractivity contribution in [3.8, 4) is 5.69 Å². The van der Waals surface area contributed by atoms with E-state index in [1.807, 2.05) is 29.1 Å². The first-order valence-corrected chi connectivity index (χ1v) is 7.53. The molecule has 0 bridgehead atoms. The molecule has 1 heterocycles. The number of carbonyl (C=O) groups is 2. The zero-order valence-corrected chi connectivity index (χ0v) is 13.9. The van der Waals surface area contributed by atoms with E-state index in [1.165, 1.54) is 17.7 Å². The number of carboxylic acids is 2. The third-order valence-corrected chi connectivity index (χ3v) is 3.58. The third kappa shape index (κ3) is 4.54. The molecular weight excluding hydrogens is 320 g/mol. The summed E-state index contributed by atoms with van der Waals surface area (Å²) < 4.78 is 1.87. The number of carboxylic acid groups (broad SMARTS) is 2. The Morgan fingerprint density at radius 1 is 0.920 bits per heavy atom. The fourth-order valence-electron chi connectivity index (χ4n) is 2.22. The molecular formula is C19H18N2O4. The van der Waals surface area contributed by atoms with E-state index in [2.05, 4.69) is 24.2 Å². The largest absolute Gasteiger partial charge is 0.478 e. The second-order valence-corrected chi connectivity index (χ2v) is 5.38. The minimum Gasteiger partial charge on any atom is -0.478 e. The van der Waals surface area contributed by atoms with Crippen molar-refractivity contribution in [2.75, 3.05) is 0 Å². The van der Waals surface area contributed by atoms with Crippen LogP contribution in [0.3, 0.4) is 0 Å². The maximum absolute atomic E-state index is 10.6. The van der Waals surface area contributed by atoms with E-state index in [-0.39, 0.29) is 11.1 Å². The van der Waals surface area contributed by atoms with Crippen LogP contribution >= 0.6 is 0 Å². The highest BCUT2D eigenvalue weighted by molar-refractivity contribution is 5.94. The zero-order chi connectivity index (χ0) is 18.4. The summed E-state index contributed by atoms with van der Waals surface area (Å²) in [6.07, 6.45) is 3.73. The predicted molar refractivity (Wildman–Crippen MR) is 93.4 cm³/mol. The summed E-state index contributed by atoms with van der Waals surface area (Å²) in [6, 6.07) is 14.1. The van der Waals surface area contributed by atoms with Crippen molar-refractivity contribution in [3.05, 3.63) is 83.2 Å². The zero-order valence-electron chi connectivity index (χ0n) is 13.9. The van der Waals surface area contributed by atoms with Gasteiger partial charge in [0.25, 0.3) is 0 Å². The highest BCUT2D eigenvalue weighted by Gasteiger charge is 2.10. The average molecular weight is 338 g/mol. The summed E-state index contributed by atoms with van der Waals surface area (Å²) in [7, 11) is 0. The Morgan fingerprint density at radius 2 is 1.64 bits per heavy atom. The van der Waals surface area contributed by atoms with Gasteiger partial charge in [-0.05, 0) is 49.2 Å². The molecule has 0 amide bonds. The molecule has 0 aliphatic heterocycles. The quantitative estimate of drug-likeness (QED) is 0.761. The van der Waals surface area contributed by atoms with Crippen LogP contribution in [-0.2, 0) is 0 Å². The smallest absolute Gasteiger partial charge is 0.335 e. The monoisotopic (exact) mass is 338 g/mol. The van der Waals surface area contributed by atoms with Crippen LogP contribution in [0.5, 0.6) is 0 Å². The minimum absolute atomic E-state index is 0.0111. The van der Waals surface area contributed by atoms with Crippen molar-refractivity contribution in [2.45, 2.75) is 13.8 Å². The Bertz CT molecular complexity index is 886. The predicted octanol–water partition coefficient (Wildman–Crippen LogP) is 3.57. The number of aryl methyl sites for hydroxylation is 2. The van der Waals surface area contributed by atoms with Crippen molar-refractivity contribution in [2.24, 2.45) is 0 Å². The van der Waals surface area contributed by atoms with Gasteiger partial charge < -0.3 is 10.2 Å². The van der Waals surface area contributed by atoms with Crippen LogP contribution in [0.2, 0.25) is 0 Å². The molecule has 0 aliphatic carbocycles. The van der Waals surface area contributed by atoms with Gasteiger partial charge in [-0.25, -0.2) is 14.3 Å². The summed E-state index contributed by atoms with van der Waals surface area (Å²) in [5, 5.41) is 21.4. The Balaban J connectivity index is 0.000000181. The van der Waals surface area contributed by atoms with Crippen molar-refractivity contribution in [1.29, 1.82) is 0 Å². The summed E-state index contributed by atoms with van der Waals surface area (Å²) in [5.41, 5.74) is 2.95. The van der Waals surface area contributed by atoms with E-state index >= 15 is 0 Å². The topological polar surface area (TPSA) is 92.4 Å². The lowest BCUT2D eigenvalue weighted by molar-refractivity contribution is 0.0695. The van der Waals surface area contributed by atoms with Crippen LogP contribution in [-0.4, -0.2) is 31.9 Å². The van der Waals surface area contributed by atoms with Crippen LogP contribution in [0.15, 0.2) is 60.9 Å². The molecule has 6 nitrogen and oxygen atoms in total. The number of aromatic nitrogens is 2. The standard InChI is InChI=1S/C10H10N2.C9H8O4/c1-9-5-2-3-6-10(9)12-8-4-7-11-12;1-5-2-3-6(8(10)11)4-7(5)9(12)13/h2-8H,1H3;2-4H,1H3,(H,10,11)(H,12,13). The Labute approximate surface area is 145 Å². The summed E-state index contributed by atoms with van der Waals surface area (Å²) in [5.74, 6) is -2.23. The molecule has 0 saturated carbocycles. The third-order valence-electron chi connectivity index (χ3n) is 3.58. The molecule has 0 radical (unpaired) electrons. The first-order valence-electron chi connectivity index (χ1n) is 7.53. The van der Waals surface area contributed by atoms with Gasteiger partial charge in [-0.1, -0.05) is 24.3 Å². The molecule has 1 aromatic heterocycles. The van der Waals surface area contributed by atoms with Gasteiger partial charge >= 0.3 is 11.9 Å². The normalized spacial score (nSPS) is 9.84. The second kappa shape index (κ2) is 7.92. The maximum Gasteiger partial charge on any atom is 0.335 e. The number of aromatic carboxylic acids is 2. The number of hydrogen-bond donors (Lipinski definition) is 2. The molecule has 0 aliphatic rings. The van der Waals surface area contributed by atoms with Gasteiger partial charge in [0.05, 0.1) is 16.8 Å². The second-order valence-electron chi connectivity index (χ2n) is 5.38. The Hall–Kier alpha value is -3.41. The van der Waals surface area contributed by atoms with E-state index in [0.29, 0.717) is 5.56 Å². The number of para-hydroxylation sites is 1. The molecule has 3 aromatic rings. The first-order chi connectivity index (χ1) is 11.9. The van der Waals surface area contributed by atoms with Crippen LogP contribution < -0.4 is 0 Å². The Kier molecular flexibility index (Phi) is 5.68. The van der Waals surface area contributed by atoms with Gasteiger partial charge in [0, 0.05) is 12.4 Å². The molecule has 3 rings (SSSR count). The number of rotatable bonds is 3. The molecule has 2 aromatic carbocycles. The molecule has 2 N–H and O–H groups in total. The van der Waals surface area contributed by atoms with Crippen LogP contribution in [0.25, 0.3) is 5.69 Å². The fourth-order valence-corrected chi connectivity index (χ4v) is 2.22. The number of hydrogen-bond acceptors (Lipinski definition) is 3. The molecule has 0 unspecified atom stereocenters. The van der Waals surface area contributed by atoms with E-state index in [0.717, 1.165) is 11.8 Å².